The molecule has 1 aliphatic carbocycles. The lowest BCUT2D eigenvalue weighted by Gasteiger charge is -2.14. The van der Waals surface area contributed by atoms with Crippen molar-refractivity contribution in [2.45, 2.75) is 32.2 Å². The summed E-state index contributed by atoms with van der Waals surface area (Å²) in [6.45, 7) is 0.809. The minimum absolute atomic E-state index is 0.809. The van der Waals surface area contributed by atoms with Gasteiger partial charge in [0.05, 0.1) is 24.3 Å². The van der Waals surface area contributed by atoms with Crippen LogP contribution in [0.15, 0.2) is 30.9 Å². The third-order valence-electron chi connectivity index (χ3n) is 3.82. The van der Waals surface area contributed by atoms with E-state index in [1.165, 1.54) is 24.2 Å². The van der Waals surface area contributed by atoms with Crippen LogP contribution in [0.5, 0.6) is 0 Å². The molecule has 5 nitrogen and oxygen atoms in total. The summed E-state index contributed by atoms with van der Waals surface area (Å²) in [5.74, 6) is 0. The molecule has 1 aliphatic rings. The first kappa shape index (κ1) is 10.7. The monoisotopic (exact) mass is 253 g/mol. The van der Waals surface area contributed by atoms with Gasteiger partial charge in [-0.1, -0.05) is 6.07 Å². The molecule has 0 saturated heterocycles. The van der Waals surface area contributed by atoms with Crippen molar-refractivity contribution in [3.05, 3.63) is 47.9 Å². The standard InChI is InChI=1S/C14H15N5/c1-2-6-13-12(5-1)16-10-18(13)8-11-4-3-7-14-15-9-17-19(11)14/h3-4,7,9-10H,1-2,5-6,8H2. The summed E-state index contributed by atoms with van der Waals surface area (Å²) >= 11 is 0. The summed E-state index contributed by atoms with van der Waals surface area (Å²) in [5, 5.41) is 4.28. The first-order valence-corrected chi connectivity index (χ1v) is 6.72. The van der Waals surface area contributed by atoms with Gasteiger partial charge in [0.2, 0.25) is 0 Å². The highest BCUT2D eigenvalue weighted by Gasteiger charge is 2.15. The molecular weight excluding hydrogens is 238 g/mol. The second-order valence-corrected chi connectivity index (χ2v) is 5.02. The number of pyridine rings is 1. The maximum absolute atomic E-state index is 4.54. The van der Waals surface area contributed by atoms with E-state index < -0.39 is 0 Å². The highest BCUT2D eigenvalue weighted by Crippen LogP contribution is 2.20. The van der Waals surface area contributed by atoms with Gasteiger partial charge in [-0.3, -0.25) is 0 Å². The van der Waals surface area contributed by atoms with Crippen molar-refractivity contribution in [1.82, 2.24) is 24.1 Å². The zero-order chi connectivity index (χ0) is 12.7. The average Bonchev–Trinajstić information content (AvgIpc) is 3.06. The largest absolute Gasteiger partial charge is 0.328 e. The first-order valence-electron chi connectivity index (χ1n) is 6.72. The summed E-state index contributed by atoms with van der Waals surface area (Å²) in [5.41, 5.74) is 4.70. The SMILES string of the molecule is c1cc(Cn2cnc3c2CCCC3)n2ncnc2c1. The van der Waals surface area contributed by atoms with E-state index in [1.54, 1.807) is 6.33 Å². The highest BCUT2D eigenvalue weighted by molar-refractivity contribution is 5.37. The number of fused-ring (bicyclic) bond motifs is 2. The third-order valence-corrected chi connectivity index (χ3v) is 3.82. The Morgan fingerprint density at radius 2 is 2.05 bits per heavy atom. The van der Waals surface area contributed by atoms with Crippen molar-refractivity contribution in [3.63, 3.8) is 0 Å². The number of hydrogen-bond acceptors (Lipinski definition) is 3. The Hall–Kier alpha value is -2.17. The lowest BCUT2D eigenvalue weighted by Crippen LogP contribution is -2.11. The molecule has 0 spiro atoms. The second kappa shape index (κ2) is 4.19. The number of aryl methyl sites for hydroxylation is 1. The quantitative estimate of drug-likeness (QED) is 0.700. The van der Waals surface area contributed by atoms with Gasteiger partial charge < -0.3 is 4.57 Å². The molecule has 0 atom stereocenters. The molecule has 0 bridgehead atoms. The summed E-state index contributed by atoms with van der Waals surface area (Å²) < 4.78 is 4.15. The predicted molar refractivity (Wildman–Crippen MR) is 71.0 cm³/mol. The van der Waals surface area contributed by atoms with Gasteiger partial charge in [-0.15, -0.1) is 0 Å². The zero-order valence-corrected chi connectivity index (χ0v) is 10.7. The maximum atomic E-state index is 4.54. The van der Waals surface area contributed by atoms with Crippen LogP contribution < -0.4 is 0 Å². The fourth-order valence-electron chi connectivity index (χ4n) is 2.86. The van der Waals surface area contributed by atoms with Crippen molar-refractivity contribution in [2.24, 2.45) is 0 Å². The van der Waals surface area contributed by atoms with E-state index in [9.17, 15) is 0 Å². The molecule has 0 saturated carbocycles. The third kappa shape index (κ3) is 1.73. The van der Waals surface area contributed by atoms with Gasteiger partial charge in [0, 0.05) is 5.69 Å². The molecule has 0 aromatic carbocycles. The van der Waals surface area contributed by atoms with Crippen molar-refractivity contribution in [1.29, 1.82) is 0 Å². The Morgan fingerprint density at radius 3 is 3.05 bits per heavy atom. The number of rotatable bonds is 2. The van der Waals surface area contributed by atoms with Gasteiger partial charge in [-0.05, 0) is 37.8 Å². The van der Waals surface area contributed by atoms with Gasteiger partial charge in [0.1, 0.15) is 6.33 Å². The van der Waals surface area contributed by atoms with E-state index in [-0.39, 0.29) is 0 Å². The van der Waals surface area contributed by atoms with Crippen LogP contribution in [-0.2, 0) is 19.4 Å². The van der Waals surface area contributed by atoms with E-state index in [0.29, 0.717) is 0 Å². The highest BCUT2D eigenvalue weighted by atomic mass is 15.3. The topological polar surface area (TPSA) is 48.0 Å². The van der Waals surface area contributed by atoms with Gasteiger partial charge >= 0.3 is 0 Å². The van der Waals surface area contributed by atoms with Crippen molar-refractivity contribution in [3.8, 4) is 0 Å². The van der Waals surface area contributed by atoms with Crippen LogP contribution in [0.3, 0.4) is 0 Å². The molecule has 0 amide bonds. The van der Waals surface area contributed by atoms with Crippen LogP contribution >= 0.6 is 0 Å². The minimum atomic E-state index is 0.809. The van der Waals surface area contributed by atoms with Crippen LogP contribution in [0.25, 0.3) is 5.65 Å². The van der Waals surface area contributed by atoms with Gasteiger partial charge in [-0.25, -0.2) is 14.5 Å². The van der Waals surface area contributed by atoms with Crippen molar-refractivity contribution in [2.75, 3.05) is 0 Å². The Kier molecular flexibility index (Phi) is 2.36. The van der Waals surface area contributed by atoms with E-state index >= 15 is 0 Å². The molecular formula is C14H15N5. The number of aromatic nitrogens is 5. The first-order chi connectivity index (χ1) is 9.42. The lowest BCUT2D eigenvalue weighted by atomic mass is 10.0. The van der Waals surface area contributed by atoms with Crippen LogP contribution in [0.2, 0.25) is 0 Å². The molecule has 3 aromatic rings. The number of nitrogens with zero attached hydrogens (tertiary/aromatic N) is 5. The Labute approximate surface area is 110 Å². The molecule has 5 heteroatoms. The Balaban J connectivity index is 1.75. The minimum Gasteiger partial charge on any atom is -0.328 e. The molecule has 3 heterocycles. The van der Waals surface area contributed by atoms with Crippen molar-refractivity contribution < 1.29 is 0 Å². The Bertz CT molecular complexity index is 724. The smallest absolute Gasteiger partial charge is 0.155 e. The van der Waals surface area contributed by atoms with Crippen LogP contribution in [0, 0.1) is 0 Å². The Morgan fingerprint density at radius 1 is 1.11 bits per heavy atom. The fraction of sp³-hybridized carbons (Fsp3) is 0.357. The summed E-state index contributed by atoms with van der Waals surface area (Å²) in [6.07, 6.45) is 8.36. The summed E-state index contributed by atoms with van der Waals surface area (Å²) in [7, 11) is 0. The summed E-state index contributed by atoms with van der Waals surface area (Å²) in [4.78, 5) is 8.76. The zero-order valence-electron chi connectivity index (χ0n) is 10.7. The molecule has 4 rings (SSSR count). The van der Waals surface area contributed by atoms with Crippen molar-refractivity contribution >= 4 is 5.65 Å². The fourth-order valence-corrected chi connectivity index (χ4v) is 2.86. The normalized spacial score (nSPS) is 14.7. The number of hydrogen-bond donors (Lipinski definition) is 0. The van der Waals surface area contributed by atoms with E-state index in [2.05, 4.69) is 25.7 Å². The molecule has 0 unspecified atom stereocenters. The number of imidazole rings is 1. The summed E-state index contributed by atoms with van der Waals surface area (Å²) in [6, 6.07) is 6.10. The molecule has 0 fully saturated rings. The molecule has 0 N–H and O–H groups in total. The molecule has 96 valence electrons. The van der Waals surface area contributed by atoms with Crippen LogP contribution in [0.1, 0.15) is 29.9 Å². The maximum Gasteiger partial charge on any atom is 0.155 e. The average molecular weight is 253 g/mol. The molecule has 0 aliphatic heterocycles. The van der Waals surface area contributed by atoms with E-state index in [0.717, 1.165) is 30.7 Å². The molecule has 0 radical (unpaired) electrons. The molecule has 3 aromatic heterocycles. The van der Waals surface area contributed by atoms with Gasteiger partial charge in [0.15, 0.2) is 5.65 Å². The predicted octanol–water partition coefficient (Wildman–Crippen LogP) is 1.85. The van der Waals surface area contributed by atoms with E-state index in [4.69, 9.17) is 0 Å². The second-order valence-electron chi connectivity index (χ2n) is 5.02. The van der Waals surface area contributed by atoms with Crippen LogP contribution in [-0.4, -0.2) is 24.1 Å². The molecule has 19 heavy (non-hydrogen) atoms. The van der Waals surface area contributed by atoms with E-state index in [1.807, 2.05) is 23.0 Å². The van der Waals surface area contributed by atoms with Gasteiger partial charge in [0.25, 0.3) is 0 Å². The van der Waals surface area contributed by atoms with Crippen LogP contribution in [0.4, 0.5) is 0 Å². The van der Waals surface area contributed by atoms with Gasteiger partial charge in [-0.2, -0.15) is 5.10 Å². The lowest BCUT2D eigenvalue weighted by molar-refractivity contribution is 0.620.